The summed E-state index contributed by atoms with van der Waals surface area (Å²) in [5, 5.41) is 12.6. The lowest BCUT2D eigenvalue weighted by Gasteiger charge is -2.11. The third-order valence-corrected chi connectivity index (χ3v) is 4.24. The van der Waals surface area contributed by atoms with E-state index in [9.17, 15) is 14.7 Å². The molecule has 2 aromatic carbocycles. The van der Waals surface area contributed by atoms with Crippen molar-refractivity contribution in [1.29, 1.82) is 0 Å². The minimum Gasteiger partial charge on any atom is -0.508 e. The van der Waals surface area contributed by atoms with Crippen molar-refractivity contribution in [3.05, 3.63) is 83.0 Å². The highest BCUT2D eigenvalue weighted by Gasteiger charge is 2.12. The Morgan fingerprint density at radius 3 is 2.55 bits per heavy atom. The van der Waals surface area contributed by atoms with Crippen LogP contribution < -0.4 is 10.1 Å². The van der Waals surface area contributed by atoms with Crippen LogP contribution in [0.2, 0.25) is 0 Å². The van der Waals surface area contributed by atoms with Crippen LogP contribution in [0.5, 0.6) is 11.5 Å². The number of anilines is 1. The van der Waals surface area contributed by atoms with Gasteiger partial charge >= 0.3 is 5.97 Å². The molecule has 1 heterocycles. The summed E-state index contributed by atoms with van der Waals surface area (Å²) in [6.45, 7) is 2.30. The number of carbonyl (C=O) groups excluding carboxylic acids is 2. The highest BCUT2D eigenvalue weighted by atomic mass is 16.5. The average Bonchev–Trinajstić information content (AvgIpc) is 2.72. The quantitative estimate of drug-likeness (QED) is 0.621. The third-order valence-electron chi connectivity index (χ3n) is 4.24. The number of ether oxygens (including phenoxy) is 2. The van der Waals surface area contributed by atoms with Gasteiger partial charge in [0.05, 0.1) is 12.7 Å². The Bertz CT molecular complexity index is 1030. The van der Waals surface area contributed by atoms with Gasteiger partial charge in [-0.1, -0.05) is 24.3 Å². The lowest BCUT2D eigenvalue weighted by molar-refractivity contribution is 0.0600. The Kier molecular flexibility index (Phi) is 6.09. The molecule has 0 spiro atoms. The van der Waals surface area contributed by atoms with Crippen molar-refractivity contribution in [3.8, 4) is 11.5 Å². The molecule has 0 aliphatic heterocycles. The second kappa shape index (κ2) is 8.88. The molecular weight excluding hydrogens is 372 g/mol. The second-order valence-corrected chi connectivity index (χ2v) is 6.31. The molecule has 7 heteroatoms. The van der Waals surface area contributed by atoms with Crippen LogP contribution in [0.4, 0.5) is 5.82 Å². The summed E-state index contributed by atoms with van der Waals surface area (Å²) in [4.78, 5) is 28.0. The Morgan fingerprint density at radius 1 is 1.07 bits per heavy atom. The second-order valence-electron chi connectivity index (χ2n) is 6.31. The predicted molar refractivity (Wildman–Crippen MR) is 107 cm³/mol. The molecule has 0 aliphatic carbocycles. The van der Waals surface area contributed by atoms with Gasteiger partial charge in [0.2, 0.25) is 0 Å². The molecule has 2 N–H and O–H groups in total. The Balaban J connectivity index is 1.70. The van der Waals surface area contributed by atoms with E-state index in [1.165, 1.54) is 43.6 Å². The van der Waals surface area contributed by atoms with E-state index in [1.807, 2.05) is 31.2 Å². The maximum atomic E-state index is 12.5. The number of benzene rings is 2. The number of amides is 1. The molecular formula is C22H20N2O5. The number of pyridine rings is 1. The van der Waals surface area contributed by atoms with E-state index < -0.39 is 11.9 Å². The molecule has 7 nitrogen and oxygen atoms in total. The number of aromatic nitrogens is 1. The van der Waals surface area contributed by atoms with Crippen molar-refractivity contribution in [2.45, 2.75) is 13.5 Å². The van der Waals surface area contributed by atoms with E-state index in [4.69, 9.17) is 4.74 Å². The number of hydrogen-bond acceptors (Lipinski definition) is 6. The maximum absolute atomic E-state index is 12.5. The first kappa shape index (κ1) is 19.9. The van der Waals surface area contributed by atoms with Crippen LogP contribution in [0.3, 0.4) is 0 Å². The molecule has 0 saturated carbocycles. The minimum atomic E-state index is -0.515. The number of nitrogens with zero attached hydrogens (tertiary/aromatic N) is 1. The van der Waals surface area contributed by atoms with E-state index in [0.29, 0.717) is 12.4 Å². The molecule has 0 radical (unpaired) electrons. The van der Waals surface area contributed by atoms with E-state index in [-0.39, 0.29) is 22.7 Å². The molecule has 29 heavy (non-hydrogen) atoms. The fourth-order valence-corrected chi connectivity index (χ4v) is 2.63. The molecule has 148 valence electrons. The predicted octanol–water partition coefficient (Wildman–Crippen LogP) is 3.71. The highest BCUT2D eigenvalue weighted by molar-refractivity contribution is 6.04. The van der Waals surface area contributed by atoms with Crippen LogP contribution in [0.25, 0.3) is 0 Å². The van der Waals surface area contributed by atoms with Crippen molar-refractivity contribution >= 4 is 17.7 Å². The number of hydrogen-bond donors (Lipinski definition) is 2. The normalized spacial score (nSPS) is 10.3. The van der Waals surface area contributed by atoms with Gasteiger partial charge in [0.15, 0.2) is 0 Å². The molecule has 1 amide bonds. The van der Waals surface area contributed by atoms with Crippen LogP contribution in [0, 0.1) is 6.92 Å². The number of esters is 1. The van der Waals surface area contributed by atoms with Gasteiger partial charge in [-0.25, -0.2) is 9.78 Å². The number of phenolic OH excluding ortho intramolecular Hbond substituents is 1. The van der Waals surface area contributed by atoms with Gasteiger partial charge < -0.3 is 19.9 Å². The highest BCUT2D eigenvalue weighted by Crippen LogP contribution is 2.24. The van der Waals surface area contributed by atoms with Gasteiger partial charge in [0.1, 0.15) is 23.9 Å². The lowest BCUT2D eigenvalue weighted by Crippen LogP contribution is -2.13. The average molecular weight is 392 g/mol. The first-order valence-corrected chi connectivity index (χ1v) is 8.83. The molecule has 0 fully saturated rings. The van der Waals surface area contributed by atoms with Gasteiger partial charge in [0.25, 0.3) is 5.91 Å². The van der Waals surface area contributed by atoms with Crippen LogP contribution in [0.15, 0.2) is 60.8 Å². The number of methoxy groups -OCH3 is 1. The number of phenols is 1. The number of aryl methyl sites for hydroxylation is 1. The zero-order chi connectivity index (χ0) is 20.8. The molecule has 0 atom stereocenters. The number of nitrogens with one attached hydrogen (secondary N) is 1. The van der Waals surface area contributed by atoms with E-state index in [1.54, 1.807) is 0 Å². The lowest BCUT2D eigenvalue weighted by atomic mass is 10.1. The van der Waals surface area contributed by atoms with Gasteiger partial charge in [-0.2, -0.15) is 0 Å². The van der Waals surface area contributed by atoms with Gasteiger partial charge in [-0.3, -0.25) is 4.79 Å². The topological polar surface area (TPSA) is 97.8 Å². The monoisotopic (exact) mass is 392 g/mol. The smallest absolute Gasteiger partial charge is 0.339 e. The first-order chi connectivity index (χ1) is 14.0. The molecule has 3 rings (SSSR count). The summed E-state index contributed by atoms with van der Waals surface area (Å²) >= 11 is 0. The number of rotatable bonds is 6. The van der Waals surface area contributed by atoms with Gasteiger partial charge in [0, 0.05) is 17.8 Å². The standard InChI is InChI=1S/C22H20N2O5/c1-14-5-3-4-6-16(14)13-29-19-10-17(9-18(25)11-19)21(26)24-20-8-7-15(12-23-20)22(27)28-2/h3-12,25H,13H2,1-2H3,(H,23,24,26). The molecule has 0 saturated heterocycles. The zero-order valence-electron chi connectivity index (χ0n) is 16.0. The minimum absolute atomic E-state index is 0.0913. The fraction of sp³-hybridized carbons (Fsp3) is 0.136. The Labute approximate surface area is 167 Å². The fourth-order valence-electron chi connectivity index (χ4n) is 2.63. The molecule has 3 aromatic rings. The first-order valence-electron chi connectivity index (χ1n) is 8.83. The van der Waals surface area contributed by atoms with Crippen molar-refractivity contribution in [3.63, 3.8) is 0 Å². The summed E-state index contributed by atoms with van der Waals surface area (Å²) in [7, 11) is 1.28. The third kappa shape index (κ3) is 5.10. The van der Waals surface area contributed by atoms with Gasteiger partial charge in [-0.05, 0) is 42.3 Å². The van der Waals surface area contributed by atoms with E-state index in [2.05, 4.69) is 15.0 Å². The Morgan fingerprint density at radius 2 is 1.86 bits per heavy atom. The van der Waals surface area contributed by atoms with Gasteiger partial charge in [-0.15, -0.1) is 0 Å². The van der Waals surface area contributed by atoms with Crippen LogP contribution in [-0.2, 0) is 11.3 Å². The van der Waals surface area contributed by atoms with E-state index >= 15 is 0 Å². The maximum Gasteiger partial charge on any atom is 0.339 e. The SMILES string of the molecule is COC(=O)c1ccc(NC(=O)c2cc(O)cc(OCc3ccccc3C)c2)nc1. The van der Waals surface area contributed by atoms with Crippen molar-refractivity contribution < 1.29 is 24.2 Å². The summed E-state index contributed by atoms with van der Waals surface area (Å²) < 4.78 is 10.3. The van der Waals surface area contributed by atoms with Crippen LogP contribution in [-0.4, -0.2) is 29.1 Å². The summed E-state index contributed by atoms with van der Waals surface area (Å²) in [5.41, 5.74) is 2.59. The molecule has 0 unspecified atom stereocenters. The van der Waals surface area contributed by atoms with Crippen molar-refractivity contribution in [2.75, 3.05) is 12.4 Å². The zero-order valence-corrected chi connectivity index (χ0v) is 16.0. The van der Waals surface area contributed by atoms with Crippen molar-refractivity contribution in [1.82, 2.24) is 4.98 Å². The summed E-state index contributed by atoms with van der Waals surface area (Å²) in [6, 6.07) is 15.1. The molecule has 0 aliphatic rings. The number of carbonyl (C=O) groups is 2. The van der Waals surface area contributed by atoms with Crippen LogP contribution >= 0.6 is 0 Å². The molecule has 0 bridgehead atoms. The largest absolute Gasteiger partial charge is 0.508 e. The Hall–Kier alpha value is -3.87. The summed E-state index contributed by atoms with van der Waals surface area (Å²) in [6.07, 6.45) is 1.31. The summed E-state index contributed by atoms with van der Waals surface area (Å²) in [5.74, 6) is -0.453. The number of aromatic hydroxyl groups is 1. The van der Waals surface area contributed by atoms with Crippen molar-refractivity contribution in [2.24, 2.45) is 0 Å². The molecule has 1 aromatic heterocycles. The van der Waals surface area contributed by atoms with Crippen LogP contribution in [0.1, 0.15) is 31.8 Å². The van der Waals surface area contributed by atoms with E-state index in [0.717, 1.165) is 11.1 Å².